The Balaban J connectivity index is 2.25. The standard InChI is InChI=1S/C15H28N4O/c1-5-12(16)9-14-11(3)17-18(4)15(14)19-7-8-20-13(6-2)10-19/h12-13H,5-10,16H2,1-4H3. The minimum absolute atomic E-state index is 0.208. The zero-order valence-corrected chi connectivity index (χ0v) is 13.2. The Morgan fingerprint density at radius 2 is 2.20 bits per heavy atom. The summed E-state index contributed by atoms with van der Waals surface area (Å²) in [5.41, 5.74) is 8.56. The van der Waals surface area contributed by atoms with Crippen molar-refractivity contribution in [2.24, 2.45) is 12.8 Å². The number of ether oxygens (including phenoxy) is 1. The molecule has 0 aliphatic carbocycles. The van der Waals surface area contributed by atoms with Crippen molar-refractivity contribution in [2.75, 3.05) is 24.6 Å². The molecule has 0 aromatic carbocycles. The van der Waals surface area contributed by atoms with Crippen molar-refractivity contribution in [3.05, 3.63) is 11.3 Å². The van der Waals surface area contributed by atoms with E-state index in [1.54, 1.807) is 0 Å². The fraction of sp³-hybridized carbons (Fsp3) is 0.800. The molecule has 2 unspecified atom stereocenters. The van der Waals surface area contributed by atoms with E-state index >= 15 is 0 Å². The summed E-state index contributed by atoms with van der Waals surface area (Å²) in [7, 11) is 2.03. The van der Waals surface area contributed by atoms with Gasteiger partial charge in [0.25, 0.3) is 0 Å². The Morgan fingerprint density at radius 3 is 2.85 bits per heavy atom. The van der Waals surface area contributed by atoms with Crippen molar-refractivity contribution in [2.45, 2.75) is 52.2 Å². The second kappa shape index (κ2) is 6.59. The smallest absolute Gasteiger partial charge is 0.130 e. The summed E-state index contributed by atoms with van der Waals surface area (Å²) < 4.78 is 7.78. The van der Waals surface area contributed by atoms with E-state index in [9.17, 15) is 0 Å². The zero-order chi connectivity index (χ0) is 14.7. The lowest BCUT2D eigenvalue weighted by Crippen LogP contribution is -2.43. The van der Waals surface area contributed by atoms with E-state index in [-0.39, 0.29) is 6.04 Å². The first-order valence-corrected chi connectivity index (χ1v) is 7.71. The SMILES string of the molecule is CCC(N)Cc1c(C)nn(C)c1N1CCOC(CC)C1. The number of aromatic nitrogens is 2. The molecule has 2 rings (SSSR count). The van der Waals surface area contributed by atoms with E-state index in [1.807, 2.05) is 11.7 Å². The molecule has 20 heavy (non-hydrogen) atoms. The summed E-state index contributed by atoms with van der Waals surface area (Å²) in [5, 5.41) is 4.60. The lowest BCUT2D eigenvalue weighted by molar-refractivity contribution is 0.0379. The molecule has 5 nitrogen and oxygen atoms in total. The number of hydrogen-bond donors (Lipinski definition) is 1. The largest absolute Gasteiger partial charge is 0.375 e. The highest BCUT2D eigenvalue weighted by atomic mass is 16.5. The lowest BCUT2D eigenvalue weighted by Gasteiger charge is -2.34. The molecule has 2 N–H and O–H groups in total. The molecule has 1 aliphatic rings. The topological polar surface area (TPSA) is 56.3 Å². The number of morpholine rings is 1. The third kappa shape index (κ3) is 3.15. The third-order valence-electron chi connectivity index (χ3n) is 4.20. The van der Waals surface area contributed by atoms with Gasteiger partial charge in [0.2, 0.25) is 0 Å². The van der Waals surface area contributed by atoms with Crippen LogP contribution in [-0.2, 0) is 18.2 Å². The molecule has 0 spiro atoms. The van der Waals surface area contributed by atoms with Crippen LogP contribution in [0.3, 0.4) is 0 Å². The van der Waals surface area contributed by atoms with E-state index in [1.165, 1.54) is 11.4 Å². The Hall–Kier alpha value is -1.07. The Bertz CT molecular complexity index is 443. The normalized spacial score (nSPS) is 21.2. The third-order valence-corrected chi connectivity index (χ3v) is 4.20. The molecule has 0 bridgehead atoms. The van der Waals surface area contributed by atoms with E-state index in [0.717, 1.165) is 44.7 Å². The van der Waals surface area contributed by atoms with Crippen LogP contribution >= 0.6 is 0 Å². The zero-order valence-electron chi connectivity index (χ0n) is 13.2. The van der Waals surface area contributed by atoms with Crippen molar-refractivity contribution < 1.29 is 4.74 Å². The van der Waals surface area contributed by atoms with Crippen LogP contribution in [0.5, 0.6) is 0 Å². The van der Waals surface area contributed by atoms with Gasteiger partial charge in [0.05, 0.1) is 18.4 Å². The quantitative estimate of drug-likeness (QED) is 0.890. The Kier molecular flexibility index (Phi) is 5.05. The fourth-order valence-corrected chi connectivity index (χ4v) is 2.89. The van der Waals surface area contributed by atoms with E-state index in [0.29, 0.717) is 6.10 Å². The van der Waals surface area contributed by atoms with Gasteiger partial charge >= 0.3 is 0 Å². The molecule has 0 radical (unpaired) electrons. The molecule has 0 saturated carbocycles. The van der Waals surface area contributed by atoms with Crippen molar-refractivity contribution >= 4 is 5.82 Å². The van der Waals surface area contributed by atoms with Gasteiger partial charge in [0.15, 0.2) is 0 Å². The van der Waals surface area contributed by atoms with Crippen LogP contribution in [0.2, 0.25) is 0 Å². The van der Waals surface area contributed by atoms with Crippen molar-refractivity contribution in [3.63, 3.8) is 0 Å². The molecule has 2 heterocycles. The second-order valence-corrected chi connectivity index (χ2v) is 5.73. The summed E-state index contributed by atoms with van der Waals surface area (Å²) in [4.78, 5) is 2.41. The van der Waals surface area contributed by atoms with Crippen molar-refractivity contribution in [3.8, 4) is 0 Å². The maximum atomic E-state index is 6.15. The van der Waals surface area contributed by atoms with Gasteiger partial charge in [-0.2, -0.15) is 5.10 Å². The molecule has 2 atom stereocenters. The number of aryl methyl sites for hydroxylation is 2. The van der Waals surface area contributed by atoms with Gasteiger partial charge in [-0.05, 0) is 26.2 Å². The molecule has 114 valence electrons. The average Bonchev–Trinajstić information content (AvgIpc) is 2.73. The predicted molar refractivity (Wildman–Crippen MR) is 82.2 cm³/mol. The van der Waals surface area contributed by atoms with Gasteiger partial charge in [-0.3, -0.25) is 4.68 Å². The summed E-state index contributed by atoms with van der Waals surface area (Å²) in [6.45, 7) is 9.07. The fourth-order valence-electron chi connectivity index (χ4n) is 2.89. The molecule has 1 aliphatic heterocycles. The van der Waals surface area contributed by atoms with E-state index in [4.69, 9.17) is 10.5 Å². The summed E-state index contributed by atoms with van der Waals surface area (Å²) >= 11 is 0. The molecule has 1 aromatic heterocycles. The predicted octanol–water partition coefficient (Wildman–Crippen LogP) is 1.62. The number of nitrogens with two attached hydrogens (primary N) is 1. The van der Waals surface area contributed by atoms with Crippen LogP contribution in [0, 0.1) is 6.92 Å². The highest BCUT2D eigenvalue weighted by molar-refractivity contribution is 5.51. The molecule has 1 aromatic rings. The Labute approximate surface area is 122 Å². The number of anilines is 1. The Morgan fingerprint density at radius 1 is 1.45 bits per heavy atom. The first-order chi connectivity index (χ1) is 9.56. The highest BCUT2D eigenvalue weighted by Crippen LogP contribution is 2.27. The number of hydrogen-bond acceptors (Lipinski definition) is 4. The maximum Gasteiger partial charge on any atom is 0.130 e. The van der Waals surface area contributed by atoms with Crippen LogP contribution in [0.15, 0.2) is 0 Å². The second-order valence-electron chi connectivity index (χ2n) is 5.73. The van der Waals surface area contributed by atoms with Crippen LogP contribution in [0.1, 0.15) is 37.9 Å². The minimum atomic E-state index is 0.208. The van der Waals surface area contributed by atoms with E-state index in [2.05, 4.69) is 30.8 Å². The van der Waals surface area contributed by atoms with Crippen LogP contribution < -0.4 is 10.6 Å². The first kappa shape index (κ1) is 15.3. The van der Waals surface area contributed by atoms with Crippen LogP contribution in [-0.4, -0.2) is 41.6 Å². The number of rotatable bonds is 5. The van der Waals surface area contributed by atoms with Crippen LogP contribution in [0.4, 0.5) is 5.82 Å². The van der Waals surface area contributed by atoms with Crippen LogP contribution in [0.25, 0.3) is 0 Å². The molecular weight excluding hydrogens is 252 g/mol. The minimum Gasteiger partial charge on any atom is -0.375 e. The van der Waals surface area contributed by atoms with Gasteiger partial charge in [0, 0.05) is 31.7 Å². The lowest BCUT2D eigenvalue weighted by atomic mass is 10.0. The average molecular weight is 280 g/mol. The van der Waals surface area contributed by atoms with Crippen molar-refractivity contribution in [1.29, 1.82) is 0 Å². The maximum absolute atomic E-state index is 6.15. The molecular formula is C15H28N4O. The molecule has 1 saturated heterocycles. The van der Waals surface area contributed by atoms with E-state index < -0.39 is 0 Å². The summed E-state index contributed by atoms with van der Waals surface area (Å²) in [6, 6.07) is 0.208. The monoisotopic (exact) mass is 280 g/mol. The summed E-state index contributed by atoms with van der Waals surface area (Å²) in [6.07, 6.45) is 3.28. The van der Waals surface area contributed by atoms with Gasteiger partial charge in [0.1, 0.15) is 5.82 Å². The van der Waals surface area contributed by atoms with Crippen molar-refractivity contribution in [1.82, 2.24) is 9.78 Å². The van der Waals surface area contributed by atoms with Gasteiger partial charge < -0.3 is 15.4 Å². The number of nitrogens with zero attached hydrogens (tertiary/aromatic N) is 3. The molecule has 1 fully saturated rings. The van der Waals surface area contributed by atoms with Gasteiger partial charge in [-0.1, -0.05) is 13.8 Å². The first-order valence-electron chi connectivity index (χ1n) is 7.71. The molecule has 0 amide bonds. The summed E-state index contributed by atoms with van der Waals surface area (Å²) in [5.74, 6) is 1.23. The highest BCUT2D eigenvalue weighted by Gasteiger charge is 2.25. The van der Waals surface area contributed by atoms with Gasteiger partial charge in [-0.15, -0.1) is 0 Å². The van der Waals surface area contributed by atoms with Gasteiger partial charge in [-0.25, -0.2) is 0 Å². The molecule has 5 heteroatoms.